The first-order valence-corrected chi connectivity index (χ1v) is 7.51. The summed E-state index contributed by atoms with van der Waals surface area (Å²) in [6.45, 7) is 5.18. The zero-order chi connectivity index (χ0) is 12.1. The number of rotatable bonds is 6. The standard InChI is InChI=1S/C11H19Br2N3/c1-4-9-11(13)10(16(3)15-9)7-14-8(2)5-6-12/h8,14H,4-7H2,1-3H3. The molecule has 0 fully saturated rings. The molecule has 3 nitrogen and oxygen atoms in total. The van der Waals surface area contributed by atoms with Crippen molar-refractivity contribution in [2.45, 2.75) is 39.3 Å². The number of hydrogen-bond acceptors (Lipinski definition) is 2. The lowest BCUT2D eigenvalue weighted by atomic mass is 10.2. The fraction of sp³-hybridized carbons (Fsp3) is 0.727. The Labute approximate surface area is 114 Å². The number of nitrogens with zero attached hydrogens (tertiary/aromatic N) is 2. The quantitative estimate of drug-likeness (QED) is 0.797. The van der Waals surface area contributed by atoms with Crippen molar-refractivity contribution < 1.29 is 0 Å². The molecule has 0 bridgehead atoms. The van der Waals surface area contributed by atoms with Crippen LogP contribution < -0.4 is 5.32 Å². The van der Waals surface area contributed by atoms with Crippen LogP contribution in [-0.2, 0) is 20.0 Å². The van der Waals surface area contributed by atoms with Crippen molar-refractivity contribution >= 4 is 31.9 Å². The number of aryl methyl sites for hydroxylation is 2. The molecule has 1 atom stereocenters. The lowest BCUT2D eigenvalue weighted by Gasteiger charge is -2.12. The maximum atomic E-state index is 4.47. The first-order valence-electron chi connectivity index (χ1n) is 5.59. The number of hydrogen-bond donors (Lipinski definition) is 1. The smallest absolute Gasteiger partial charge is 0.0767 e. The van der Waals surface area contributed by atoms with Gasteiger partial charge in [-0.1, -0.05) is 22.9 Å². The van der Waals surface area contributed by atoms with Gasteiger partial charge in [-0.15, -0.1) is 0 Å². The summed E-state index contributed by atoms with van der Waals surface area (Å²) >= 11 is 7.07. The van der Waals surface area contributed by atoms with Gasteiger partial charge in [-0.3, -0.25) is 4.68 Å². The van der Waals surface area contributed by atoms with E-state index in [-0.39, 0.29) is 0 Å². The Balaban J connectivity index is 2.63. The number of nitrogens with one attached hydrogen (secondary N) is 1. The predicted octanol–water partition coefficient (Wildman–Crippen LogP) is 3.01. The Morgan fingerprint density at radius 1 is 1.50 bits per heavy atom. The molecule has 0 saturated heterocycles. The highest BCUT2D eigenvalue weighted by molar-refractivity contribution is 9.10. The second-order valence-electron chi connectivity index (χ2n) is 3.94. The van der Waals surface area contributed by atoms with E-state index < -0.39 is 0 Å². The van der Waals surface area contributed by atoms with E-state index in [1.54, 1.807) is 0 Å². The first kappa shape index (κ1) is 14.2. The number of halogens is 2. The molecular formula is C11H19Br2N3. The minimum absolute atomic E-state index is 0.520. The topological polar surface area (TPSA) is 29.9 Å². The molecule has 0 aromatic carbocycles. The minimum atomic E-state index is 0.520. The van der Waals surface area contributed by atoms with Crippen molar-refractivity contribution in [2.24, 2.45) is 7.05 Å². The summed E-state index contributed by atoms with van der Waals surface area (Å²) in [5.74, 6) is 0. The average molecular weight is 353 g/mol. The summed E-state index contributed by atoms with van der Waals surface area (Å²) in [4.78, 5) is 0. The fourth-order valence-corrected chi connectivity index (χ4v) is 2.99. The predicted molar refractivity (Wildman–Crippen MR) is 75.0 cm³/mol. The van der Waals surface area contributed by atoms with E-state index in [9.17, 15) is 0 Å². The van der Waals surface area contributed by atoms with Crippen LogP contribution in [0.15, 0.2) is 4.47 Å². The van der Waals surface area contributed by atoms with Gasteiger partial charge >= 0.3 is 0 Å². The van der Waals surface area contributed by atoms with Crippen LogP contribution in [0, 0.1) is 0 Å². The molecule has 92 valence electrons. The summed E-state index contributed by atoms with van der Waals surface area (Å²) in [6, 6.07) is 0.520. The number of alkyl halides is 1. The number of aromatic nitrogens is 2. The second kappa shape index (κ2) is 6.77. The van der Waals surface area contributed by atoms with Crippen molar-refractivity contribution in [3.05, 3.63) is 15.9 Å². The monoisotopic (exact) mass is 351 g/mol. The van der Waals surface area contributed by atoms with E-state index >= 15 is 0 Å². The van der Waals surface area contributed by atoms with Crippen LogP contribution in [0.2, 0.25) is 0 Å². The van der Waals surface area contributed by atoms with E-state index in [2.05, 4.69) is 56.1 Å². The summed E-state index contributed by atoms with van der Waals surface area (Å²) in [7, 11) is 2.00. The highest BCUT2D eigenvalue weighted by Gasteiger charge is 2.12. The molecule has 1 rings (SSSR count). The van der Waals surface area contributed by atoms with E-state index in [1.807, 2.05) is 11.7 Å². The molecule has 1 heterocycles. The summed E-state index contributed by atoms with van der Waals surface area (Å²) in [5, 5.41) is 9.01. The van der Waals surface area contributed by atoms with Gasteiger partial charge in [-0.2, -0.15) is 5.10 Å². The Morgan fingerprint density at radius 2 is 2.19 bits per heavy atom. The molecule has 1 aromatic rings. The lowest BCUT2D eigenvalue weighted by molar-refractivity contribution is 0.519. The average Bonchev–Trinajstić information content (AvgIpc) is 2.52. The first-order chi connectivity index (χ1) is 7.60. The van der Waals surface area contributed by atoms with Gasteiger partial charge in [-0.05, 0) is 35.7 Å². The second-order valence-corrected chi connectivity index (χ2v) is 5.53. The molecule has 0 spiro atoms. The Hall–Kier alpha value is 0.130. The molecule has 1 unspecified atom stereocenters. The third-order valence-electron chi connectivity index (χ3n) is 2.66. The van der Waals surface area contributed by atoms with Gasteiger partial charge < -0.3 is 5.32 Å². The highest BCUT2D eigenvalue weighted by atomic mass is 79.9. The van der Waals surface area contributed by atoms with Crippen LogP contribution in [0.5, 0.6) is 0 Å². The van der Waals surface area contributed by atoms with E-state index in [1.165, 1.54) is 5.69 Å². The van der Waals surface area contributed by atoms with E-state index in [0.29, 0.717) is 6.04 Å². The Bertz CT molecular complexity index is 336. The third kappa shape index (κ3) is 3.57. The van der Waals surface area contributed by atoms with Gasteiger partial charge in [0.2, 0.25) is 0 Å². The summed E-state index contributed by atoms with van der Waals surface area (Å²) < 4.78 is 3.10. The molecule has 0 aliphatic rings. The van der Waals surface area contributed by atoms with Gasteiger partial charge in [0.1, 0.15) is 0 Å². The molecule has 0 aliphatic heterocycles. The minimum Gasteiger partial charge on any atom is -0.309 e. The van der Waals surface area contributed by atoms with Gasteiger partial charge in [0.25, 0.3) is 0 Å². The van der Waals surface area contributed by atoms with Gasteiger partial charge in [-0.25, -0.2) is 0 Å². The van der Waals surface area contributed by atoms with Crippen molar-refractivity contribution in [3.8, 4) is 0 Å². The van der Waals surface area contributed by atoms with Crippen LogP contribution in [0.4, 0.5) is 0 Å². The van der Waals surface area contributed by atoms with Crippen molar-refractivity contribution in [3.63, 3.8) is 0 Å². The summed E-state index contributed by atoms with van der Waals surface area (Å²) in [6.07, 6.45) is 2.10. The lowest BCUT2D eigenvalue weighted by Crippen LogP contribution is -2.26. The maximum absolute atomic E-state index is 4.47. The van der Waals surface area contributed by atoms with Crippen LogP contribution in [-0.4, -0.2) is 21.2 Å². The van der Waals surface area contributed by atoms with E-state index in [4.69, 9.17) is 0 Å². The van der Waals surface area contributed by atoms with Crippen LogP contribution in [0.25, 0.3) is 0 Å². The normalized spacial score (nSPS) is 13.1. The molecule has 0 amide bonds. The molecule has 16 heavy (non-hydrogen) atoms. The largest absolute Gasteiger partial charge is 0.309 e. The van der Waals surface area contributed by atoms with Crippen molar-refractivity contribution in [2.75, 3.05) is 5.33 Å². The maximum Gasteiger partial charge on any atom is 0.0767 e. The van der Waals surface area contributed by atoms with Gasteiger partial charge in [0.15, 0.2) is 0 Å². The molecular weight excluding hydrogens is 334 g/mol. The zero-order valence-electron chi connectivity index (χ0n) is 10.1. The highest BCUT2D eigenvalue weighted by Crippen LogP contribution is 2.21. The van der Waals surface area contributed by atoms with Crippen LogP contribution >= 0.6 is 31.9 Å². The molecule has 1 aromatic heterocycles. The zero-order valence-corrected chi connectivity index (χ0v) is 13.2. The van der Waals surface area contributed by atoms with Crippen molar-refractivity contribution in [1.29, 1.82) is 0 Å². The SMILES string of the molecule is CCc1nn(C)c(CNC(C)CCBr)c1Br. The van der Waals surface area contributed by atoms with Crippen molar-refractivity contribution in [1.82, 2.24) is 15.1 Å². The van der Waals surface area contributed by atoms with Crippen LogP contribution in [0.3, 0.4) is 0 Å². The third-order valence-corrected chi connectivity index (χ3v) is 4.04. The van der Waals surface area contributed by atoms with E-state index in [0.717, 1.165) is 34.9 Å². The molecule has 5 heteroatoms. The van der Waals surface area contributed by atoms with Crippen LogP contribution in [0.1, 0.15) is 31.7 Å². The summed E-state index contributed by atoms with van der Waals surface area (Å²) in [5.41, 5.74) is 2.35. The molecule has 0 saturated carbocycles. The Morgan fingerprint density at radius 3 is 2.69 bits per heavy atom. The van der Waals surface area contributed by atoms with Gasteiger partial charge in [0, 0.05) is 25.0 Å². The fourth-order valence-electron chi connectivity index (χ4n) is 1.55. The molecule has 0 radical (unpaired) electrons. The van der Waals surface area contributed by atoms with Gasteiger partial charge in [0.05, 0.1) is 15.9 Å². The Kier molecular flexibility index (Phi) is 6.00. The molecule has 1 N–H and O–H groups in total. The molecule has 0 aliphatic carbocycles.